The molecule has 1 aliphatic heterocycles. The van der Waals surface area contributed by atoms with E-state index in [4.69, 9.17) is 4.74 Å². The van der Waals surface area contributed by atoms with Crippen LogP contribution >= 0.6 is 11.8 Å². The average Bonchev–Trinajstić information content (AvgIpc) is 2.47. The van der Waals surface area contributed by atoms with E-state index >= 15 is 0 Å². The van der Waals surface area contributed by atoms with Gasteiger partial charge in [-0.15, -0.1) is 0 Å². The number of hydrogen-bond donors (Lipinski definition) is 1. The van der Waals surface area contributed by atoms with Crippen LogP contribution < -0.4 is 5.32 Å². The molecule has 6 heteroatoms. The molecule has 20 heavy (non-hydrogen) atoms. The molecule has 0 aromatic heterocycles. The summed E-state index contributed by atoms with van der Waals surface area (Å²) in [5, 5.41) is 14.2. The maximum Gasteiger partial charge on any atom is 0.269 e. The molecule has 110 valence electrons. The van der Waals surface area contributed by atoms with Crippen LogP contribution in [0.3, 0.4) is 0 Å². The van der Waals surface area contributed by atoms with E-state index in [-0.39, 0.29) is 15.4 Å². The number of non-ortho nitro benzene ring substituents is 1. The number of aryl methyl sites for hydroxylation is 1. The van der Waals surface area contributed by atoms with Gasteiger partial charge in [0.05, 0.1) is 4.92 Å². The highest BCUT2D eigenvalue weighted by molar-refractivity contribution is 8.00. The van der Waals surface area contributed by atoms with Gasteiger partial charge in [0.1, 0.15) is 0 Å². The van der Waals surface area contributed by atoms with E-state index in [1.54, 1.807) is 18.2 Å². The van der Waals surface area contributed by atoms with Gasteiger partial charge in [-0.25, -0.2) is 0 Å². The Bertz CT molecular complexity index is 487. The van der Waals surface area contributed by atoms with Crippen LogP contribution in [0.25, 0.3) is 0 Å². The highest BCUT2D eigenvalue weighted by Crippen LogP contribution is 2.34. The molecule has 0 atom stereocenters. The average molecular weight is 296 g/mol. The maximum atomic E-state index is 10.7. The second-order valence-electron chi connectivity index (χ2n) is 5.11. The zero-order chi connectivity index (χ0) is 14.6. The Morgan fingerprint density at radius 2 is 2.15 bits per heavy atom. The van der Waals surface area contributed by atoms with Gasteiger partial charge in [0.2, 0.25) is 0 Å². The molecule has 0 saturated carbocycles. The summed E-state index contributed by atoms with van der Waals surface area (Å²) < 4.78 is 5.63. The second-order valence-corrected chi connectivity index (χ2v) is 6.38. The summed E-state index contributed by atoms with van der Waals surface area (Å²) in [5.41, 5.74) is 2.01. The van der Waals surface area contributed by atoms with Crippen LogP contribution in [-0.4, -0.2) is 35.7 Å². The van der Waals surface area contributed by atoms with Crippen molar-refractivity contribution in [2.75, 3.05) is 31.3 Å². The van der Waals surface area contributed by atoms with Crippen molar-refractivity contribution in [2.45, 2.75) is 24.5 Å². The molecule has 1 heterocycles. The number of thioether (sulfide) groups is 1. The zero-order valence-corrected chi connectivity index (χ0v) is 12.7. The summed E-state index contributed by atoms with van der Waals surface area (Å²) in [6, 6.07) is 4.95. The Labute approximate surface area is 123 Å². The largest absolute Gasteiger partial charge is 0.383 e. The first-order chi connectivity index (χ1) is 9.56. The van der Waals surface area contributed by atoms with Gasteiger partial charge in [0.15, 0.2) is 0 Å². The van der Waals surface area contributed by atoms with Crippen LogP contribution in [0.1, 0.15) is 18.4 Å². The molecule has 1 N–H and O–H groups in total. The molecule has 0 bridgehead atoms. The molecule has 2 rings (SSSR count). The lowest BCUT2D eigenvalue weighted by Gasteiger charge is -2.36. The number of nitro groups is 1. The lowest BCUT2D eigenvalue weighted by molar-refractivity contribution is -0.384. The van der Waals surface area contributed by atoms with Gasteiger partial charge in [0, 0.05) is 42.3 Å². The van der Waals surface area contributed by atoms with Gasteiger partial charge in [-0.05, 0) is 37.7 Å². The van der Waals surface area contributed by atoms with Gasteiger partial charge in [0.25, 0.3) is 5.69 Å². The number of nitro benzene ring substituents is 1. The summed E-state index contributed by atoms with van der Waals surface area (Å²) in [4.78, 5) is 10.4. The Kier molecular flexibility index (Phi) is 4.88. The van der Waals surface area contributed by atoms with Crippen molar-refractivity contribution in [1.82, 2.24) is 0 Å². The third kappa shape index (κ3) is 3.43. The van der Waals surface area contributed by atoms with E-state index in [1.807, 2.05) is 18.7 Å². The molecule has 5 nitrogen and oxygen atoms in total. The lowest BCUT2D eigenvalue weighted by Crippen LogP contribution is -2.39. The van der Waals surface area contributed by atoms with E-state index < -0.39 is 0 Å². The maximum absolute atomic E-state index is 10.7. The number of nitrogens with one attached hydrogen (secondary N) is 1. The van der Waals surface area contributed by atoms with Crippen LogP contribution in [0.5, 0.6) is 0 Å². The Balaban J connectivity index is 2.04. The molecule has 1 aliphatic rings. The molecule has 1 saturated heterocycles. The summed E-state index contributed by atoms with van der Waals surface area (Å²) in [6.07, 6.45) is 4.20. The van der Waals surface area contributed by atoms with Crippen molar-refractivity contribution >= 4 is 23.1 Å². The molecular formula is C14H20N2O3S. The van der Waals surface area contributed by atoms with Gasteiger partial charge >= 0.3 is 0 Å². The van der Waals surface area contributed by atoms with Crippen molar-refractivity contribution < 1.29 is 9.66 Å². The normalized spacial score (nSPS) is 17.7. The first kappa shape index (κ1) is 15.1. The quantitative estimate of drug-likeness (QED) is 0.667. The number of rotatable bonds is 5. The van der Waals surface area contributed by atoms with Crippen LogP contribution in [0.15, 0.2) is 18.2 Å². The molecule has 1 aromatic carbocycles. The molecule has 1 fully saturated rings. The number of hydrogen-bond acceptors (Lipinski definition) is 5. The van der Waals surface area contributed by atoms with E-state index in [2.05, 4.69) is 11.6 Å². The summed E-state index contributed by atoms with van der Waals surface area (Å²) in [5.74, 6) is 0. The molecule has 0 spiro atoms. The highest BCUT2D eigenvalue weighted by atomic mass is 32.2. The topological polar surface area (TPSA) is 64.4 Å². The second kappa shape index (κ2) is 6.45. The van der Waals surface area contributed by atoms with Gasteiger partial charge in [-0.3, -0.25) is 10.1 Å². The van der Waals surface area contributed by atoms with E-state index in [0.717, 1.165) is 43.9 Å². The van der Waals surface area contributed by atoms with Gasteiger partial charge in [-0.1, -0.05) is 0 Å². The zero-order valence-electron chi connectivity index (χ0n) is 11.8. The Morgan fingerprint density at radius 3 is 2.70 bits per heavy atom. The third-order valence-electron chi connectivity index (χ3n) is 3.86. The van der Waals surface area contributed by atoms with E-state index in [9.17, 15) is 10.1 Å². The molecular weight excluding hydrogens is 276 g/mol. The van der Waals surface area contributed by atoms with Gasteiger partial charge in [-0.2, -0.15) is 11.8 Å². The predicted molar refractivity (Wildman–Crippen MR) is 82.6 cm³/mol. The molecule has 1 aromatic rings. The van der Waals surface area contributed by atoms with Crippen molar-refractivity contribution in [2.24, 2.45) is 0 Å². The van der Waals surface area contributed by atoms with Crippen LogP contribution in [0.2, 0.25) is 0 Å². The Morgan fingerprint density at radius 1 is 1.45 bits per heavy atom. The Hall–Kier alpha value is -1.27. The van der Waals surface area contributed by atoms with E-state index in [1.165, 1.54) is 0 Å². The SMILES string of the molecule is CSC1(CNc2ccc([N+](=O)[O-])cc2C)CCOCC1. The minimum Gasteiger partial charge on any atom is -0.383 e. The summed E-state index contributed by atoms with van der Waals surface area (Å²) >= 11 is 1.88. The molecule has 0 amide bonds. The standard InChI is InChI=1S/C14H20N2O3S/c1-11-9-12(16(17)18)3-4-13(11)15-10-14(20-2)5-7-19-8-6-14/h3-4,9,15H,5-8,10H2,1-2H3. The molecule has 0 unspecified atom stereocenters. The van der Waals surface area contributed by atoms with Crippen LogP contribution in [0.4, 0.5) is 11.4 Å². The lowest BCUT2D eigenvalue weighted by atomic mass is 9.98. The molecule has 0 radical (unpaired) electrons. The molecule has 0 aliphatic carbocycles. The van der Waals surface area contributed by atoms with E-state index in [0.29, 0.717) is 0 Å². The number of anilines is 1. The number of nitrogens with zero attached hydrogens (tertiary/aromatic N) is 1. The smallest absolute Gasteiger partial charge is 0.269 e. The third-order valence-corrected chi connectivity index (χ3v) is 5.28. The van der Waals surface area contributed by atoms with Crippen LogP contribution in [0, 0.1) is 17.0 Å². The van der Waals surface area contributed by atoms with Crippen molar-refractivity contribution in [3.63, 3.8) is 0 Å². The van der Waals surface area contributed by atoms with Gasteiger partial charge < -0.3 is 10.1 Å². The highest BCUT2D eigenvalue weighted by Gasteiger charge is 2.31. The predicted octanol–water partition coefficient (Wildman–Crippen LogP) is 3.23. The first-order valence-corrected chi connectivity index (χ1v) is 7.91. The first-order valence-electron chi connectivity index (χ1n) is 6.68. The fourth-order valence-electron chi connectivity index (χ4n) is 2.41. The minimum absolute atomic E-state index is 0.138. The monoisotopic (exact) mass is 296 g/mol. The van der Waals surface area contributed by atoms with Crippen molar-refractivity contribution in [1.29, 1.82) is 0 Å². The van der Waals surface area contributed by atoms with Crippen molar-refractivity contribution in [3.8, 4) is 0 Å². The fraction of sp³-hybridized carbons (Fsp3) is 0.571. The summed E-state index contributed by atoms with van der Waals surface area (Å²) in [6.45, 7) is 4.37. The minimum atomic E-state index is -0.362. The van der Waals surface area contributed by atoms with Crippen molar-refractivity contribution in [3.05, 3.63) is 33.9 Å². The summed E-state index contributed by atoms with van der Waals surface area (Å²) in [7, 11) is 0. The fourth-order valence-corrected chi connectivity index (χ4v) is 3.20. The van der Waals surface area contributed by atoms with Crippen LogP contribution in [-0.2, 0) is 4.74 Å². The number of benzene rings is 1. The number of ether oxygens (including phenoxy) is 1.